The fourth-order valence-electron chi connectivity index (χ4n) is 6.43. The van der Waals surface area contributed by atoms with E-state index in [2.05, 4.69) is 0 Å². The maximum atomic E-state index is 14.1. The van der Waals surface area contributed by atoms with E-state index in [9.17, 15) is 34.8 Å². The highest BCUT2D eigenvalue weighted by atomic mass is 16.5. The molecule has 0 bridgehead atoms. The number of ether oxygens (including phenoxy) is 1. The lowest BCUT2D eigenvalue weighted by atomic mass is 9.59. The number of aliphatic hydroxyl groups excluding tert-OH is 2. The van der Waals surface area contributed by atoms with E-state index >= 15 is 0 Å². The molecule has 2 aromatic carbocycles. The Morgan fingerprint density at radius 2 is 1.77 bits per heavy atom. The molecule has 0 aromatic heterocycles. The fourth-order valence-corrected chi connectivity index (χ4v) is 6.43. The summed E-state index contributed by atoms with van der Waals surface area (Å²) in [5.74, 6) is -4.63. The molecule has 0 radical (unpaired) electrons. The van der Waals surface area contributed by atoms with E-state index in [1.807, 2.05) is 19.9 Å². The summed E-state index contributed by atoms with van der Waals surface area (Å²) in [7, 11) is 1.55. The molecular weight excluding hydrogens is 500 g/mol. The highest BCUT2D eigenvalue weighted by molar-refractivity contribution is 6.25. The maximum Gasteiger partial charge on any atom is 0.209 e. The number of carbonyl (C=O) groups is 3. The quantitative estimate of drug-likeness (QED) is 0.400. The van der Waals surface area contributed by atoms with Crippen LogP contribution in [0.3, 0.4) is 0 Å². The number of aliphatic hydroxyl groups is 3. The van der Waals surface area contributed by atoms with Crippen molar-refractivity contribution in [2.24, 2.45) is 11.8 Å². The van der Waals surface area contributed by atoms with Gasteiger partial charge in [0.2, 0.25) is 5.78 Å². The molecule has 0 heterocycles. The summed E-state index contributed by atoms with van der Waals surface area (Å²) >= 11 is 0. The molecule has 3 aliphatic carbocycles. The number of benzene rings is 2. The first-order chi connectivity index (χ1) is 18.4. The Hall–Kier alpha value is -3.91. The highest BCUT2D eigenvalue weighted by Crippen LogP contribution is 2.53. The number of phenols is 1. The van der Waals surface area contributed by atoms with Crippen LogP contribution in [-0.4, -0.2) is 50.5 Å². The zero-order valence-electron chi connectivity index (χ0n) is 22.4. The van der Waals surface area contributed by atoms with Crippen molar-refractivity contribution in [1.29, 1.82) is 0 Å². The molecule has 204 valence electrons. The molecular formula is C31H32O8. The number of allylic oxidation sites excluding steroid dienone is 2. The van der Waals surface area contributed by atoms with E-state index < -0.39 is 51.9 Å². The third kappa shape index (κ3) is 3.80. The number of ketones is 3. The lowest BCUT2D eigenvalue weighted by Gasteiger charge is -2.46. The molecule has 0 amide bonds. The Bertz CT molecular complexity index is 1480. The molecule has 5 rings (SSSR count). The van der Waals surface area contributed by atoms with Crippen molar-refractivity contribution in [1.82, 2.24) is 0 Å². The van der Waals surface area contributed by atoms with Crippen LogP contribution < -0.4 is 4.74 Å². The fraction of sp³-hybridized carbons (Fsp3) is 0.387. The van der Waals surface area contributed by atoms with Crippen LogP contribution in [0.25, 0.3) is 11.1 Å². The lowest BCUT2D eigenvalue weighted by Crippen LogP contribution is -2.56. The average molecular weight is 533 g/mol. The monoisotopic (exact) mass is 532 g/mol. The first-order valence-electron chi connectivity index (χ1n) is 13.2. The van der Waals surface area contributed by atoms with Crippen molar-refractivity contribution in [2.45, 2.75) is 58.0 Å². The summed E-state index contributed by atoms with van der Waals surface area (Å²) in [6.07, 6.45) is 0.203. The van der Waals surface area contributed by atoms with Crippen LogP contribution >= 0.6 is 0 Å². The third-order valence-electron chi connectivity index (χ3n) is 8.47. The zero-order chi connectivity index (χ0) is 28.4. The van der Waals surface area contributed by atoms with Gasteiger partial charge in [0.05, 0.1) is 12.7 Å². The number of Topliss-reactive ketones (excluding diaryl/α,β-unsaturated/α-hetero) is 3. The number of hydrogen-bond donors (Lipinski definition) is 4. The van der Waals surface area contributed by atoms with Gasteiger partial charge < -0.3 is 25.2 Å². The van der Waals surface area contributed by atoms with Gasteiger partial charge in [0.1, 0.15) is 28.6 Å². The van der Waals surface area contributed by atoms with Gasteiger partial charge in [-0.1, -0.05) is 32.9 Å². The van der Waals surface area contributed by atoms with E-state index in [4.69, 9.17) is 4.74 Å². The van der Waals surface area contributed by atoms with Gasteiger partial charge >= 0.3 is 0 Å². The number of methoxy groups -OCH3 is 1. The molecule has 0 fully saturated rings. The zero-order valence-corrected chi connectivity index (χ0v) is 22.4. The number of hydrogen-bond acceptors (Lipinski definition) is 8. The molecule has 3 unspecified atom stereocenters. The number of fused-ring (bicyclic) bond motifs is 3. The summed E-state index contributed by atoms with van der Waals surface area (Å²) < 4.78 is 5.23. The average Bonchev–Trinajstić information content (AvgIpc) is 2.90. The number of aromatic hydroxyl groups is 1. The minimum absolute atomic E-state index is 0.00893. The Kier molecular flexibility index (Phi) is 6.42. The number of phenolic OH excluding ortho intramolecular Hbond substituents is 1. The normalized spacial score (nSPS) is 24.5. The van der Waals surface area contributed by atoms with Crippen molar-refractivity contribution in [3.05, 3.63) is 69.7 Å². The predicted molar refractivity (Wildman–Crippen MR) is 143 cm³/mol. The van der Waals surface area contributed by atoms with Gasteiger partial charge in [-0.25, -0.2) is 0 Å². The molecule has 0 aliphatic heterocycles. The minimum Gasteiger partial charge on any atom is -0.511 e. The Balaban J connectivity index is 1.69. The van der Waals surface area contributed by atoms with Crippen LogP contribution in [0.4, 0.5) is 0 Å². The van der Waals surface area contributed by atoms with Crippen molar-refractivity contribution >= 4 is 17.3 Å². The second kappa shape index (κ2) is 9.38. The number of rotatable bonds is 5. The molecule has 0 saturated carbocycles. The summed E-state index contributed by atoms with van der Waals surface area (Å²) in [6, 6.07) is 8.93. The van der Waals surface area contributed by atoms with Crippen LogP contribution in [0, 0.1) is 11.8 Å². The molecule has 8 heteroatoms. The summed E-state index contributed by atoms with van der Waals surface area (Å²) in [6.45, 7) is 5.51. The van der Waals surface area contributed by atoms with Gasteiger partial charge in [-0.2, -0.15) is 0 Å². The molecule has 8 nitrogen and oxygen atoms in total. The van der Waals surface area contributed by atoms with Crippen LogP contribution in [0.2, 0.25) is 0 Å². The van der Waals surface area contributed by atoms with Crippen molar-refractivity contribution in [3.63, 3.8) is 0 Å². The van der Waals surface area contributed by atoms with Gasteiger partial charge in [-0.15, -0.1) is 0 Å². The standard InChI is InChI=1S/C31H32O8/c1-5-22(32)26-23(33)12-17-10-16-11-21-19(14(2)3)13-20(15-6-8-18(39-4)9-7-15)27(34)25(21)28(35)24(16)29(36)31(17,38)30(26)37/h6-9,13-14,16-17,33-34,36,38H,5,10-12H2,1-4H3. The van der Waals surface area contributed by atoms with Gasteiger partial charge in [-0.05, 0) is 59.6 Å². The molecule has 4 N–H and O–H groups in total. The third-order valence-corrected chi connectivity index (χ3v) is 8.47. The summed E-state index contributed by atoms with van der Waals surface area (Å²) in [4.78, 5) is 39.9. The lowest BCUT2D eigenvalue weighted by molar-refractivity contribution is -0.144. The largest absolute Gasteiger partial charge is 0.511 e. The van der Waals surface area contributed by atoms with Crippen molar-refractivity contribution < 1.29 is 39.5 Å². The summed E-state index contributed by atoms with van der Waals surface area (Å²) in [5, 5.41) is 44.9. The minimum atomic E-state index is -2.50. The van der Waals surface area contributed by atoms with Crippen LogP contribution in [-0.2, 0) is 16.0 Å². The van der Waals surface area contributed by atoms with Crippen LogP contribution in [0.5, 0.6) is 11.5 Å². The van der Waals surface area contributed by atoms with E-state index in [1.165, 1.54) is 6.92 Å². The van der Waals surface area contributed by atoms with E-state index in [0.717, 1.165) is 5.56 Å². The van der Waals surface area contributed by atoms with E-state index in [0.29, 0.717) is 28.9 Å². The highest BCUT2D eigenvalue weighted by Gasteiger charge is 2.59. The number of carbonyl (C=O) groups excluding carboxylic acids is 3. The Morgan fingerprint density at radius 3 is 2.36 bits per heavy atom. The van der Waals surface area contributed by atoms with Gasteiger partial charge in [-0.3, -0.25) is 14.4 Å². The maximum absolute atomic E-state index is 14.1. The van der Waals surface area contributed by atoms with Crippen molar-refractivity contribution in [3.8, 4) is 22.6 Å². The second-order valence-electron chi connectivity index (χ2n) is 10.9. The molecule has 0 saturated heterocycles. The van der Waals surface area contributed by atoms with Gasteiger partial charge in [0.25, 0.3) is 0 Å². The molecule has 0 spiro atoms. The SMILES string of the molecule is CCC(=O)C1=C(O)CC2CC3Cc4c(C(C)C)cc(-c5ccc(OC)cc5)c(O)c4C(=O)C3=C(O)C2(O)C1=O. The summed E-state index contributed by atoms with van der Waals surface area (Å²) in [5.41, 5.74) is -0.474. The van der Waals surface area contributed by atoms with Crippen LogP contribution in [0.15, 0.2) is 53.0 Å². The first kappa shape index (κ1) is 26.7. The first-order valence-corrected chi connectivity index (χ1v) is 13.2. The van der Waals surface area contributed by atoms with E-state index in [1.54, 1.807) is 31.4 Å². The van der Waals surface area contributed by atoms with Gasteiger partial charge in [0, 0.05) is 29.9 Å². The van der Waals surface area contributed by atoms with Crippen LogP contribution in [0.1, 0.15) is 67.4 Å². The molecule has 39 heavy (non-hydrogen) atoms. The Labute approximate surface area is 226 Å². The molecule has 3 atom stereocenters. The topological polar surface area (TPSA) is 141 Å². The van der Waals surface area contributed by atoms with E-state index in [-0.39, 0.29) is 42.1 Å². The molecule has 2 aromatic rings. The molecule has 3 aliphatic rings. The van der Waals surface area contributed by atoms with Gasteiger partial charge in [0.15, 0.2) is 17.2 Å². The predicted octanol–water partition coefficient (Wildman–Crippen LogP) is 4.87. The van der Waals surface area contributed by atoms with Crippen molar-refractivity contribution in [2.75, 3.05) is 7.11 Å². The Morgan fingerprint density at radius 1 is 1.10 bits per heavy atom. The smallest absolute Gasteiger partial charge is 0.209 e. The second-order valence-corrected chi connectivity index (χ2v) is 10.9.